The molecule has 0 N–H and O–H groups in total. The molecule has 1 saturated carbocycles. The van der Waals surface area contributed by atoms with Gasteiger partial charge in [-0.25, -0.2) is 8.42 Å². The molecule has 0 aromatic heterocycles. The molecule has 0 aliphatic heterocycles. The first-order chi connectivity index (χ1) is 4.99. The van der Waals surface area contributed by atoms with Gasteiger partial charge < -0.3 is 0 Å². The molecule has 0 saturated heterocycles. The molecule has 66 valence electrons. The standard InChI is InChI=1S/C7H13ClO2S/c1-6-3-2-4-7(6)5-11(8,9)10/h6-7H,2-5H2,1H3/t6-,7+/m0/s1. The Hall–Kier alpha value is 0.240. The smallest absolute Gasteiger partial charge is 0.212 e. The summed E-state index contributed by atoms with van der Waals surface area (Å²) in [6.45, 7) is 2.10. The van der Waals surface area contributed by atoms with Gasteiger partial charge in [0.2, 0.25) is 9.05 Å². The molecule has 0 amide bonds. The molecular formula is C7H13ClO2S. The van der Waals surface area contributed by atoms with E-state index < -0.39 is 9.05 Å². The molecule has 11 heavy (non-hydrogen) atoms. The van der Waals surface area contributed by atoms with Gasteiger partial charge in [-0.05, 0) is 18.3 Å². The molecule has 1 rings (SSSR count). The zero-order valence-corrected chi connectivity index (χ0v) is 8.16. The van der Waals surface area contributed by atoms with Crippen molar-refractivity contribution in [3.8, 4) is 0 Å². The molecule has 0 heterocycles. The lowest BCUT2D eigenvalue weighted by Crippen LogP contribution is -2.13. The van der Waals surface area contributed by atoms with Crippen molar-refractivity contribution in [3.05, 3.63) is 0 Å². The first kappa shape index (κ1) is 9.33. The van der Waals surface area contributed by atoms with E-state index in [-0.39, 0.29) is 5.75 Å². The molecule has 4 heteroatoms. The van der Waals surface area contributed by atoms with E-state index >= 15 is 0 Å². The van der Waals surface area contributed by atoms with Crippen LogP contribution in [0, 0.1) is 11.8 Å². The van der Waals surface area contributed by atoms with Crippen LogP contribution in [-0.2, 0) is 9.05 Å². The predicted molar refractivity (Wildman–Crippen MR) is 46.1 cm³/mol. The summed E-state index contributed by atoms with van der Waals surface area (Å²) in [5, 5.41) is 0. The van der Waals surface area contributed by atoms with Crippen molar-refractivity contribution in [1.29, 1.82) is 0 Å². The molecule has 0 aromatic rings. The second-order valence-corrected chi connectivity index (χ2v) is 6.20. The van der Waals surface area contributed by atoms with Crippen molar-refractivity contribution < 1.29 is 8.42 Å². The summed E-state index contributed by atoms with van der Waals surface area (Å²) in [6, 6.07) is 0. The molecule has 0 aromatic carbocycles. The third-order valence-corrected chi connectivity index (χ3v) is 3.66. The first-order valence-corrected chi connectivity index (χ1v) is 6.39. The number of hydrogen-bond acceptors (Lipinski definition) is 2. The van der Waals surface area contributed by atoms with Gasteiger partial charge in [0.15, 0.2) is 0 Å². The zero-order valence-electron chi connectivity index (χ0n) is 6.59. The minimum atomic E-state index is -3.27. The van der Waals surface area contributed by atoms with Crippen molar-refractivity contribution in [2.45, 2.75) is 26.2 Å². The summed E-state index contributed by atoms with van der Waals surface area (Å²) >= 11 is 0. The summed E-state index contributed by atoms with van der Waals surface area (Å²) < 4.78 is 21.4. The topological polar surface area (TPSA) is 34.1 Å². The molecule has 1 fully saturated rings. The Morgan fingerprint density at radius 2 is 2.09 bits per heavy atom. The molecule has 2 atom stereocenters. The maximum atomic E-state index is 10.7. The normalized spacial score (nSPS) is 32.5. The lowest BCUT2D eigenvalue weighted by molar-refractivity contribution is 0.455. The average molecular weight is 197 g/mol. The van der Waals surface area contributed by atoms with Crippen LogP contribution in [0.2, 0.25) is 0 Å². The van der Waals surface area contributed by atoms with Gasteiger partial charge in [-0.3, -0.25) is 0 Å². The fraction of sp³-hybridized carbons (Fsp3) is 1.00. The van der Waals surface area contributed by atoms with Crippen LogP contribution < -0.4 is 0 Å². The predicted octanol–water partition coefficient (Wildman–Crippen LogP) is 1.99. The zero-order chi connectivity index (χ0) is 8.48. The second-order valence-electron chi connectivity index (χ2n) is 3.37. The van der Waals surface area contributed by atoms with Gasteiger partial charge in [-0.1, -0.05) is 19.8 Å². The van der Waals surface area contributed by atoms with Gasteiger partial charge in [0.1, 0.15) is 0 Å². The molecule has 2 nitrogen and oxygen atoms in total. The highest BCUT2D eigenvalue weighted by Gasteiger charge is 2.27. The van der Waals surface area contributed by atoms with Crippen molar-refractivity contribution in [3.63, 3.8) is 0 Å². The quantitative estimate of drug-likeness (QED) is 0.633. The monoisotopic (exact) mass is 196 g/mol. The lowest BCUT2D eigenvalue weighted by Gasteiger charge is -2.11. The Bertz CT molecular complexity index is 223. The van der Waals surface area contributed by atoms with Crippen molar-refractivity contribution in [1.82, 2.24) is 0 Å². The Morgan fingerprint density at radius 1 is 1.45 bits per heavy atom. The van der Waals surface area contributed by atoms with Gasteiger partial charge in [0, 0.05) is 10.7 Å². The average Bonchev–Trinajstić information content (AvgIpc) is 2.12. The summed E-state index contributed by atoms with van der Waals surface area (Å²) in [5.41, 5.74) is 0. The van der Waals surface area contributed by atoms with Crippen LogP contribution in [-0.4, -0.2) is 14.2 Å². The summed E-state index contributed by atoms with van der Waals surface area (Å²) in [6.07, 6.45) is 3.32. The Labute approximate surface area is 72.4 Å². The molecule has 1 aliphatic carbocycles. The number of rotatable bonds is 2. The largest absolute Gasteiger partial charge is 0.232 e. The van der Waals surface area contributed by atoms with E-state index in [2.05, 4.69) is 6.92 Å². The van der Waals surface area contributed by atoms with Crippen LogP contribution in [0.5, 0.6) is 0 Å². The van der Waals surface area contributed by atoms with E-state index in [1.807, 2.05) is 0 Å². The maximum Gasteiger partial charge on any atom is 0.232 e. The third-order valence-electron chi connectivity index (χ3n) is 2.45. The highest BCUT2D eigenvalue weighted by atomic mass is 35.7. The Kier molecular flexibility index (Phi) is 2.81. The lowest BCUT2D eigenvalue weighted by atomic mass is 10.0. The van der Waals surface area contributed by atoms with Gasteiger partial charge in [-0.15, -0.1) is 0 Å². The van der Waals surface area contributed by atoms with Crippen LogP contribution in [0.25, 0.3) is 0 Å². The van der Waals surface area contributed by atoms with Crippen LogP contribution in [0.4, 0.5) is 0 Å². The maximum absolute atomic E-state index is 10.7. The minimum absolute atomic E-state index is 0.162. The first-order valence-electron chi connectivity index (χ1n) is 3.91. The van der Waals surface area contributed by atoms with E-state index in [4.69, 9.17) is 10.7 Å². The van der Waals surface area contributed by atoms with Crippen molar-refractivity contribution in [2.75, 3.05) is 5.75 Å². The molecule has 1 aliphatic rings. The van der Waals surface area contributed by atoms with Crippen molar-refractivity contribution in [2.24, 2.45) is 11.8 Å². The molecule has 0 radical (unpaired) electrons. The van der Waals surface area contributed by atoms with Gasteiger partial charge in [0.05, 0.1) is 5.75 Å². The van der Waals surface area contributed by atoms with Crippen molar-refractivity contribution >= 4 is 19.7 Å². The fourth-order valence-corrected chi connectivity index (χ4v) is 3.22. The summed E-state index contributed by atoms with van der Waals surface area (Å²) in [5.74, 6) is 0.997. The Balaban J connectivity index is 2.50. The SMILES string of the molecule is C[C@H]1CCC[C@@H]1CS(=O)(=O)Cl. The fourth-order valence-electron chi connectivity index (χ4n) is 1.73. The molecule has 0 spiro atoms. The highest BCUT2D eigenvalue weighted by molar-refractivity contribution is 8.13. The minimum Gasteiger partial charge on any atom is -0.212 e. The van der Waals surface area contributed by atoms with Crippen LogP contribution in [0.1, 0.15) is 26.2 Å². The van der Waals surface area contributed by atoms with E-state index in [1.54, 1.807) is 0 Å². The van der Waals surface area contributed by atoms with Crippen LogP contribution in [0.15, 0.2) is 0 Å². The molecule has 0 bridgehead atoms. The third kappa shape index (κ3) is 2.99. The van der Waals surface area contributed by atoms with E-state index in [1.165, 1.54) is 0 Å². The van der Waals surface area contributed by atoms with Crippen LogP contribution >= 0.6 is 10.7 Å². The summed E-state index contributed by atoms with van der Waals surface area (Å²) in [7, 11) is 1.88. The molecular weight excluding hydrogens is 184 g/mol. The number of halogens is 1. The Morgan fingerprint density at radius 3 is 2.45 bits per heavy atom. The van der Waals surface area contributed by atoms with E-state index in [0.717, 1.165) is 19.3 Å². The van der Waals surface area contributed by atoms with E-state index in [0.29, 0.717) is 11.8 Å². The van der Waals surface area contributed by atoms with Gasteiger partial charge in [-0.2, -0.15) is 0 Å². The van der Waals surface area contributed by atoms with Crippen LogP contribution in [0.3, 0.4) is 0 Å². The van der Waals surface area contributed by atoms with Gasteiger partial charge in [0.25, 0.3) is 0 Å². The number of hydrogen-bond donors (Lipinski definition) is 0. The van der Waals surface area contributed by atoms with Gasteiger partial charge >= 0.3 is 0 Å². The molecule has 0 unspecified atom stereocenters. The van der Waals surface area contributed by atoms with E-state index in [9.17, 15) is 8.42 Å². The second kappa shape index (κ2) is 3.31. The highest BCUT2D eigenvalue weighted by Crippen LogP contribution is 2.32. The summed E-state index contributed by atoms with van der Waals surface area (Å²) in [4.78, 5) is 0.